The lowest BCUT2D eigenvalue weighted by Crippen LogP contribution is -2.36. The first-order chi connectivity index (χ1) is 15.4. The normalized spacial score (nSPS) is 18.4. The summed E-state index contributed by atoms with van der Waals surface area (Å²) < 4.78 is 2.62. The van der Waals surface area contributed by atoms with Crippen molar-refractivity contribution in [2.75, 3.05) is 11.1 Å². The fourth-order valence-corrected chi connectivity index (χ4v) is 6.13. The Labute approximate surface area is 201 Å². The minimum absolute atomic E-state index is 0.0372. The third-order valence-electron chi connectivity index (χ3n) is 5.55. The number of aromatic nitrogens is 1. The van der Waals surface area contributed by atoms with Gasteiger partial charge in [0.15, 0.2) is 10.1 Å². The van der Waals surface area contributed by atoms with E-state index in [1.807, 2.05) is 24.3 Å². The number of ketones is 1. The molecule has 2 aromatic carbocycles. The van der Waals surface area contributed by atoms with Crippen molar-refractivity contribution in [2.24, 2.45) is 11.8 Å². The average Bonchev–Trinajstić information content (AvgIpc) is 3.20. The van der Waals surface area contributed by atoms with E-state index in [1.165, 1.54) is 23.1 Å². The van der Waals surface area contributed by atoms with Crippen molar-refractivity contribution < 1.29 is 19.5 Å². The second-order valence-electron chi connectivity index (χ2n) is 7.71. The summed E-state index contributed by atoms with van der Waals surface area (Å²) in [6, 6.07) is 12.7. The largest absolute Gasteiger partial charge is 0.481 e. The summed E-state index contributed by atoms with van der Waals surface area (Å²) in [5, 5.41) is 12.3. The molecule has 0 saturated heterocycles. The first-order valence-corrected chi connectivity index (χ1v) is 12.9. The van der Waals surface area contributed by atoms with Gasteiger partial charge in [0, 0.05) is 15.7 Å². The molecule has 3 aromatic rings. The molecular formula is C23H21BrN2O4S2. The zero-order valence-corrected chi connectivity index (χ0v) is 20.3. The van der Waals surface area contributed by atoms with Gasteiger partial charge in [0.1, 0.15) is 0 Å². The van der Waals surface area contributed by atoms with Gasteiger partial charge in [-0.2, -0.15) is 0 Å². The van der Waals surface area contributed by atoms with Gasteiger partial charge in [-0.15, -0.1) is 11.3 Å². The Morgan fingerprint density at radius 2 is 1.81 bits per heavy atom. The molecule has 2 N–H and O–H groups in total. The average molecular weight is 533 g/mol. The number of nitrogens with one attached hydrogen (secondary N) is 1. The maximum Gasteiger partial charge on any atom is 0.307 e. The summed E-state index contributed by atoms with van der Waals surface area (Å²) in [7, 11) is 0. The van der Waals surface area contributed by atoms with Crippen molar-refractivity contribution in [3.8, 4) is 0 Å². The zero-order valence-electron chi connectivity index (χ0n) is 17.0. The minimum atomic E-state index is -0.901. The van der Waals surface area contributed by atoms with E-state index in [0.29, 0.717) is 29.8 Å². The molecule has 9 heteroatoms. The van der Waals surface area contributed by atoms with Crippen LogP contribution < -0.4 is 5.32 Å². The first-order valence-electron chi connectivity index (χ1n) is 10.3. The molecule has 1 aromatic heterocycles. The zero-order chi connectivity index (χ0) is 22.7. The van der Waals surface area contributed by atoms with Gasteiger partial charge in [0.2, 0.25) is 5.91 Å². The number of benzene rings is 2. The second-order valence-corrected chi connectivity index (χ2v) is 10.9. The predicted molar refractivity (Wildman–Crippen MR) is 131 cm³/mol. The predicted octanol–water partition coefficient (Wildman–Crippen LogP) is 5.86. The molecule has 0 aliphatic heterocycles. The van der Waals surface area contributed by atoms with E-state index in [4.69, 9.17) is 0 Å². The third-order valence-corrected chi connectivity index (χ3v) is 8.24. The Kier molecular flexibility index (Phi) is 7.27. The molecule has 1 aliphatic carbocycles. The summed E-state index contributed by atoms with van der Waals surface area (Å²) in [5.74, 6) is -1.94. The van der Waals surface area contributed by atoms with Gasteiger partial charge < -0.3 is 10.4 Å². The summed E-state index contributed by atoms with van der Waals surface area (Å²) in [5.41, 5.74) is 2.09. The van der Waals surface area contributed by atoms with Crippen LogP contribution in [-0.4, -0.2) is 33.5 Å². The number of thiazole rings is 1. The van der Waals surface area contributed by atoms with Gasteiger partial charge in [-0.1, -0.05) is 52.7 Å². The standard InChI is InChI=1S/C23H21BrN2O4S2/c24-14-7-5-13(6-8-14)19(27)12-31-23-26-18-10-9-15(11-20(18)32-23)25-21(28)16-3-1-2-4-17(16)22(29)30/h5-11,16-17H,1-4,12H2,(H,25,28)(H,29,30)/t16-,17-/m0/s1. The number of anilines is 1. The highest BCUT2D eigenvalue weighted by molar-refractivity contribution is 9.10. The summed E-state index contributed by atoms with van der Waals surface area (Å²) in [6.07, 6.45) is 2.85. The number of halogens is 1. The molecule has 166 valence electrons. The molecule has 1 saturated carbocycles. The Morgan fingerprint density at radius 3 is 2.53 bits per heavy atom. The Hall–Kier alpha value is -2.23. The number of aliphatic carboxylic acids is 1. The highest BCUT2D eigenvalue weighted by Crippen LogP contribution is 2.34. The molecule has 1 amide bonds. The van der Waals surface area contributed by atoms with Crippen LogP contribution in [0.25, 0.3) is 10.2 Å². The van der Waals surface area contributed by atoms with Gasteiger partial charge in [-0.05, 0) is 43.2 Å². The van der Waals surface area contributed by atoms with E-state index in [2.05, 4.69) is 26.2 Å². The molecule has 4 rings (SSSR count). The highest BCUT2D eigenvalue weighted by atomic mass is 79.9. The molecule has 2 atom stereocenters. The Morgan fingerprint density at radius 1 is 1.09 bits per heavy atom. The van der Waals surface area contributed by atoms with E-state index < -0.39 is 17.8 Å². The van der Waals surface area contributed by atoms with Crippen LogP contribution in [0.2, 0.25) is 0 Å². The van der Waals surface area contributed by atoms with E-state index in [1.54, 1.807) is 18.2 Å². The smallest absolute Gasteiger partial charge is 0.307 e. The number of hydrogen-bond acceptors (Lipinski definition) is 6. The van der Waals surface area contributed by atoms with Gasteiger partial charge in [0.25, 0.3) is 0 Å². The first kappa shape index (κ1) is 22.9. The number of fused-ring (bicyclic) bond motifs is 1. The van der Waals surface area contributed by atoms with Crippen molar-refractivity contribution in [2.45, 2.75) is 30.0 Å². The molecule has 6 nitrogen and oxygen atoms in total. The molecule has 0 bridgehead atoms. The lowest BCUT2D eigenvalue weighted by molar-refractivity contribution is -0.147. The number of Topliss-reactive ketones (excluding diaryl/α,β-unsaturated/α-hetero) is 1. The molecule has 1 heterocycles. The molecule has 1 fully saturated rings. The van der Waals surface area contributed by atoms with Crippen LogP contribution in [-0.2, 0) is 9.59 Å². The lowest BCUT2D eigenvalue weighted by atomic mass is 9.78. The fourth-order valence-electron chi connectivity index (χ4n) is 3.86. The topological polar surface area (TPSA) is 96.4 Å². The maximum atomic E-state index is 12.7. The number of nitrogens with zero attached hydrogens (tertiary/aromatic N) is 1. The Bertz CT molecular complexity index is 1160. The van der Waals surface area contributed by atoms with Crippen molar-refractivity contribution >= 4 is 72.6 Å². The van der Waals surface area contributed by atoms with E-state index in [0.717, 1.165) is 31.9 Å². The van der Waals surface area contributed by atoms with Crippen LogP contribution >= 0.6 is 39.0 Å². The van der Waals surface area contributed by atoms with Crippen molar-refractivity contribution in [3.63, 3.8) is 0 Å². The number of carbonyl (C=O) groups excluding carboxylic acids is 2. The molecular weight excluding hydrogens is 512 g/mol. The van der Waals surface area contributed by atoms with Crippen LogP contribution in [0, 0.1) is 11.8 Å². The summed E-state index contributed by atoms with van der Waals surface area (Å²) in [4.78, 5) is 41.2. The second kappa shape index (κ2) is 10.1. The number of thioether (sulfide) groups is 1. The number of rotatable bonds is 7. The number of amides is 1. The van der Waals surface area contributed by atoms with Crippen LogP contribution in [0.5, 0.6) is 0 Å². The lowest BCUT2D eigenvalue weighted by Gasteiger charge is -2.27. The van der Waals surface area contributed by atoms with Crippen LogP contribution in [0.4, 0.5) is 5.69 Å². The van der Waals surface area contributed by atoms with Crippen LogP contribution in [0.15, 0.2) is 51.3 Å². The molecule has 32 heavy (non-hydrogen) atoms. The minimum Gasteiger partial charge on any atom is -0.481 e. The molecule has 1 aliphatic rings. The summed E-state index contributed by atoms with van der Waals surface area (Å²) in [6.45, 7) is 0. The molecule has 0 spiro atoms. The number of carboxylic acids is 1. The molecule has 0 unspecified atom stereocenters. The van der Waals surface area contributed by atoms with Gasteiger partial charge in [-0.25, -0.2) is 4.98 Å². The van der Waals surface area contributed by atoms with Crippen LogP contribution in [0.1, 0.15) is 36.0 Å². The molecule has 0 radical (unpaired) electrons. The van der Waals surface area contributed by atoms with Gasteiger partial charge in [-0.3, -0.25) is 14.4 Å². The van der Waals surface area contributed by atoms with Crippen molar-refractivity contribution in [1.82, 2.24) is 4.98 Å². The maximum absolute atomic E-state index is 12.7. The van der Waals surface area contributed by atoms with Crippen molar-refractivity contribution in [1.29, 1.82) is 0 Å². The van der Waals surface area contributed by atoms with Crippen LogP contribution in [0.3, 0.4) is 0 Å². The van der Waals surface area contributed by atoms with Gasteiger partial charge in [0.05, 0.1) is 27.8 Å². The quantitative estimate of drug-likeness (QED) is 0.292. The van der Waals surface area contributed by atoms with Crippen molar-refractivity contribution in [3.05, 3.63) is 52.5 Å². The number of carboxylic acid groups (broad SMARTS) is 1. The number of hydrogen-bond donors (Lipinski definition) is 2. The fraction of sp³-hybridized carbons (Fsp3) is 0.304. The third kappa shape index (κ3) is 5.39. The Balaban J connectivity index is 1.41. The monoisotopic (exact) mass is 532 g/mol. The van der Waals surface area contributed by atoms with E-state index >= 15 is 0 Å². The SMILES string of the molecule is O=C(CSc1nc2ccc(NC(=O)[C@H]3CCCC[C@@H]3C(=O)O)cc2s1)c1ccc(Br)cc1. The van der Waals surface area contributed by atoms with E-state index in [9.17, 15) is 19.5 Å². The number of carbonyl (C=O) groups is 3. The summed E-state index contributed by atoms with van der Waals surface area (Å²) >= 11 is 6.22. The van der Waals surface area contributed by atoms with Gasteiger partial charge >= 0.3 is 5.97 Å². The highest BCUT2D eigenvalue weighted by Gasteiger charge is 2.35. The van der Waals surface area contributed by atoms with E-state index in [-0.39, 0.29) is 11.7 Å².